The topological polar surface area (TPSA) is 70.7 Å². The molecule has 3 unspecified atom stereocenters. The number of hydrogen-bond acceptors (Lipinski definition) is 4. The lowest BCUT2D eigenvalue weighted by atomic mass is 9.52. The van der Waals surface area contributed by atoms with Gasteiger partial charge in [-0.3, -0.25) is 15.0 Å². The molecule has 4 aliphatic carbocycles. The number of likely N-dealkylation sites (tertiary alicyclic amines) is 1. The first-order valence-electron chi connectivity index (χ1n) is 11.6. The van der Waals surface area contributed by atoms with E-state index in [2.05, 4.69) is 33.7 Å². The Morgan fingerprint density at radius 1 is 1.20 bits per heavy atom. The van der Waals surface area contributed by atoms with Crippen molar-refractivity contribution in [1.29, 1.82) is 0 Å². The van der Waals surface area contributed by atoms with Gasteiger partial charge >= 0.3 is 6.03 Å². The van der Waals surface area contributed by atoms with Gasteiger partial charge in [-0.25, -0.2) is 4.79 Å². The second-order valence-electron chi connectivity index (χ2n) is 10.7. The zero-order valence-corrected chi connectivity index (χ0v) is 17.4. The van der Waals surface area contributed by atoms with E-state index in [4.69, 9.17) is 4.74 Å². The zero-order chi connectivity index (χ0) is 20.3. The SMILES string of the molecule is COc1ccc2c(c1)[C@@]13C[C@]4(CC[C@H]1C1C(C2)C3CN1CC1CC1)NC(=O)NC4=O. The highest BCUT2D eigenvalue weighted by Gasteiger charge is 2.72. The summed E-state index contributed by atoms with van der Waals surface area (Å²) in [5.74, 6) is 3.47. The Kier molecular flexibility index (Phi) is 3.27. The standard InChI is InChI=1S/C24H29N3O3/c1-30-15-5-4-14-8-16-19-11-27(10-13-2-3-13)20(16)17-6-7-23(21(28)25-22(29)26-23)12-24(17,19)18(14)9-15/h4-5,9,13,16-17,19-20H,2-3,6-8,10-12H2,1H3,(H2,25,26,28,29)/t16?,17-,19?,20?,23-,24+/m0/s1. The molecule has 5 fully saturated rings. The number of hydrogen-bond donors (Lipinski definition) is 2. The van der Waals surface area contributed by atoms with Gasteiger partial charge in [-0.15, -0.1) is 0 Å². The van der Waals surface area contributed by atoms with Crippen LogP contribution in [0.1, 0.15) is 43.2 Å². The van der Waals surface area contributed by atoms with Crippen molar-refractivity contribution in [3.63, 3.8) is 0 Å². The highest BCUT2D eigenvalue weighted by Crippen LogP contribution is 2.69. The van der Waals surface area contributed by atoms with Gasteiger partial charge in [0.25, 0.3) is 5.91 Å². The third-order valence-electron chi connectivity index (χ3n) is 9.50. The van der Waals surface area contributed by atoms with Crippen molar-refractivity contribution < 1.29 is 14.3 Å². The summed E-state index contributed by atoms with van der Waals surface area (Å²) in [5.41, 5.74) is 2.04. The molecular weight excluding hydrogens is 378 g/mol. The smallest absolute Gasteiger partial charge is 0.322 e. The minimum Gasteiger partial charge on any atom is -0.497 e. The Balaban J connectivity index is 1.37. The minimum absolute atomic E-state index is 0.0370. The lowest BCUT2D eigenvalue weighted by molar-refractivity contribution is -0.127. The van der Waals surface area contributed by atoms with Crippen LogP contribution in [0.25, 0.3) is 0 Å². The van der Waals surface area contributed by atoms with Crippen molar-refractivity contribution in [2.24, 2.45) is 23.7 Å². The molecule has 30 heavy (non-hydrogen) atoms. The second kappa shape index (κ2) is 5.58. The summed E-state index contributed by atoms with van der Waals surface area (Å²) in [6, 6.07) is 6.88. The Morgan fingerprint density at radius 2 is 2.07 bits per heavy atom. The summed E-state index contributed by atoms with van der Waals surface area (Å²) in [5, 5.41) is 5.59. The molecule has 7 rings (SSSR count). The molecule has 2 spiro atoms. The molecule has 2 aliphatic heterocycles. The molecule has 2 saturated heterocycles. The molecule has 2 heterocycles. The van der Waals surface area contributed by atoms with Gasteiger partial charge in [0.05, 0.1) is 7.11 Å². The van der Waals surface area contributed by atoms with Crippen molar-refractivity contribution >= 4 is 11.9 Å². The quantitative estimate of drug-likeness (QED) is 0.754. The van der Waals surface area contributed by atoms with E-state index >= 15 is 0 Å². The number of imide groups is 1. The number of urea groups is 1. The number of piperidine rings is 1. The number of fused-ring (bicyclic) bond motifs is 2. The molecular formula is C24H29N3O3. The zero-order valence-electron chi connectivity index (χ0n) is 17.4. The van der Waals surface area contributed by atoms with E-state index in [0.29, 0.717) is 23.8 Å². The molecule has 6 nitrogen and oxygen atoms in total. The van der Waals surface area contributed by atoms with Crippen LogP contribution in [0.3, 0.4) is 0 Å². The van der Waals surface area contributed by atoms with E-state index in [0.717, 1.165) is 43.9 Å². The van der Waals surface area contributed by atoms with Crippen molar-refractivity contribution in [2.75, 3.05) is 20.2 Å². The van der Waals surface area contributed by atoms with E-state index in [9.17, 15) is 9.59 Å². The summed E-state index contributed by atoms with van der Waals surface area (Å²) in [6.45, 7) is 2.40. The normalized spacial score (nSPS) is 43.4. The molecule has 6 aliphatic rings. The fraction of sp³-hybridized carbons (Fsp3) is 0.667. The fourth-order valence-corrected chi connectivity index (χ4v) is 8.34. The number of methoxy groups -OCH3 is 1. The molecule has 6 atom stereocenters. The minimum atomic E-state index is -0.748. The van der Waals surface area contributed by atoms with Crippen LogP contribution in [0.4, 0.5) is 4.79 Å². The van der Waals surface area contributed by atoms with Gasteiger partial charge in [0, 0.05) is 24.5 Å². The van der Waals surface area contributed by atoms with Gasteiger partial charge < -0.3 is 10.1 Å². The largest absolute Gasteiger partial charge is 0.497 e. The van der Waals surface area contributed by atoms with Gasteiger partial charge in [-0.1, -0.05) is 6.07 Å². The van der Waals surface area contributed by atoms with Gasteiger partial charge in [0.2, 0.25) is 0 Å². The predicted octanol–water partition coefficient (Wildman–Crippen LogP) is 2.21. The van der Waals surface area contributed by atoms with Crippen LogP contribution in [0, 0.1) is 23.7 Å². The fourth-order valence-electron chi connectivity index (χ4n) is 8.34. The molecule has 2 N–H and O–H groups in total. The Bertz CT molecular complexity index is 974. The lowest BCUT2D eigenvalue weighted by Crippen LogP contribution is -2.62. The molecule has 158 valence electrons. The van der Waals surface area contributed by atoms with E-state index in [-0.39, 0.29) is 17.4 Å². The number of nitrogens with one attached hydrogen (secondary N) is 2. The number of amides is 3. The third-order valence-corrected chi connectivity index (χ3v) is 9.50. The Labute approximate surface area is 176 Å². The first-order valence-corrected chi connectivity index (χ1v) is 11.6. The van der Waals surface area contributed by atoms with Gasteiger partial charge in [-0.2, -0.15) is 0 Å². The average Bonchev–Trinajstić information content (AvgIpc) is 3.38. The van der Waals surface area contributed by atoms with Crippen molar-refractivity contribution in [3.05, 3.63) is 29.3 Å². The number of carbonyl (C=O) groups is 2. The first-order chi connectivity index (χ1) is 14.5. The van der Waals surface area contributed by atoms with Crippen molar-refractivity contribution in [3.8, 4) is 5.75 Å². The number of rotatable bonds is 3. The maximum atomic E-state index is 12.9. The predicted molar refractivity (Wildman–Crippen MR) is 110 cm³/mol. The lowest BCUT2D eigenvalue weighted by Gasteiger charge is -2.55. The molecule has 0 aromatic heterocycles. The average molecular weight is 408 g/mol. The van der Waals surface area contributed by atoms with E-state index in [1.54, 1.807) is 7.11 Å². The maximum Gasteiger partial charge on any atom is 0.322 e. The first kappa shape index (κ1) is 17.6. The Morgan fingerprint density at radius 3 is 2.80 bits per heavy atom. The summed E-state index contributed by atoms with van der Waals surface area (Å²) in [7, 11) is 1.73. The molecule has 6 heteroatoms. The number of ether oxygens (including phenoxy) is 1. The summed E-state index contributed by atoms with van der Waals surface area (Å²) in [6.07, 6.45) is 6.41. The number of nitrogens with zero attached hydrogens (tertiary/aromatic N) is 1. The summed E-state index contributed by atoms with van der Waals surface area (Å²) >= 11 is 0. The van der Waals surface area contributed by atoms with Crippen LogP contribution in [0.15, 0.2) is 18.2 Å². The molecule has 0 radical (unpaired) electrons. The van der Waals surface area contributed by atoms with Gasteiger partial charge in [0.15, 0.2) is 0 Å². The molecule has 3 amide bonds. The maximum absolute atomic E-state index is 12.9. The van der Waals surface area contributed by atoms with Crippen LogP contribution < -0.4 is 15.4 Å². The molecule has 1 aromatic carbocycles. The van der Waals surface area contributed by atoms with Gasteiger partial charge in [0.1, 0.15) is 11.3 Å². The van der Waals surface area contributed by atoms with Crippen LogP contribution in [-0.4, -0.2) is 48.6 Å². The van der Waals surface area contributed by atoms with E-state index < -0.39 is 5.54 Å². The summed E-state index contributed by atoms with van der Waals surface area (Å²) < 4.78 is 5.62. The van der Waals surface area contributed by atoms with Crippen LogP contribution in [0.2, 0.25) is 0 Å². The highest BCUT2D eigenvalue weighted by atomic mass is 16.5. The number of benzene rings is 1. The third kappa shape index (κ3) is 2.04. The highest BCUT2D eigenvalue weighted by molar-refractivity contribution is 6.07. The van der Waals surface area contributed by atoms with Crippen LogP contribution in [0.5, 0.6) is 5.75 Å². The number of carbonyl (C=O) groups excluding carboxylic acids is 2. The summed E-state index contributed by atoms with van der Waals surface area (Å²) in [4.78, 5) is 27.9. The van der Waals surface area contributed by atoms with Crippen molar-refractivity contribution in [2.45, 2.75) is 55.5 Å². The van der Waals surface area contributed by atoms with Crippen LogP contribution >= 0.6 is 0 Å². The molecule has 3 saturated carbocycles. The van der Waals surface area contributed by atoms with Crippen molar-refractivity contribution in [1.82, 2.24) is 15.5 Å². The second-order valence-corrected chi connectivity index (χ2v) is 10.7. The van der Waals surface area contributed by atoms with E-state index in [1.807, 2.05) is 0 Å². The molecule has 1 aromatic rings. The van der Waals surface area contributed by atoms with Gasteiger partial charge in [-0.05, 0) is 85.5 Å². The Hall–Kier alpha value is -2.08. The monoisotopic (exact) mass is 407 g/mol. The van der Waals surface area contributed by atoms with Crippen LogP contribution in [-0.2, 0) is 16.6 Å². The molecule has 4 bridgehead atoms. The van der Waals surface area contributed by atoms with E-state index in [1.165, 1.54) is 30.5 Å².